The fraction of sp³-hybridized carbons (Fsp3) is 0.200. The van der Waals surface area contributed by atoms with Crippen LogP contribution in [0.25, 0.3) is 0 Å². The van der Waals surface area contributed by atoms with Crippen molar-refractivity contribution < 1.29 is 38.4 Å². The van der Waals surface area contributed by atoms with E-state index >= 15 is 0 Å². The van der Waals surface area contributed by atoms with Gasteiger partial charge in [0.25, 0.3) is 10.0 Å². The van der Waals surface area contributed by atoms with E-state index in [0.717, 1.165) is 43.4 Å². The van der Waals surface area contributed by atoms with E-state index < -0.39 is 47.7 Å². The maximum Gasteiger partial charge on any atom is 0.402 e. The van der Waals surface area contributed by atoms with Gasteiger partial charge in [-0.2, -0.15) is 13.2 Å². The molecule has 0 radical (unpaired) electrons. The zero-order valence-electron chi connectivity index (χ0n) is 15.1. The molecular weight excluding hydrogens is 471 g/mol. The summed E-state index contributed by atoms with van der Waals surface area (Å²) in [6.07, 6.45) is -4.74. The molecule has 0 spiro atoms. The minimum atomic E-state index is -4.74. The molecule has 2 aromatic carbocycles. The van der Waals surface area contributed by atoms with Crippen molar-refractivity contribution in [2.45, 2.75) is 20.9 Å². The Bertz CT molecular complexity index is 1230. The van der Waals surface area contributed by atoms with Crippen LogP contribution in [-0.2, 0) is 30.1 Å². The molecule has 0 aromatic heterocycles. The molecule has 0 saturated heterocycles. The van der Waals surface area contributed by atoms with Crippen LogP contribution < -0.4 is 14.2 Å². The molecule has 166 valence electrons. The standard InChI is InChI=1S/C15H16F3N3O6S3/c1-19-28(22,23)13-3-2-4-14(9-13)30(26,27)21-11-5-7-12(8-6-11)29(24,25)20-10-15(16,17)18/h2-9,19-21H,10H2,1H3. The van der Waals surface area contributed by atoms with Gasteiger partial charge in [-0.3, -0.25) is 4.72 Å². The molecule has 2 rings (SSSR count). The van der Waals surface area contributed by atoms with Gasteiger partial charge in [-0.25, -0.2) is 34.7 Å². The van der Waals surface area contributed by atoms with Crippen molar-refractivity contribution in [2.24, 2.45) is 0 Å². The second-order valence-electron chi connectivity index (χ2n) is 5.75. The van der Waals surface area contributed by atoms with E-state index in [1.54, 1.807) is 0 Å². The fourth-order valence-electron chi connectivity index (χ4n) is 2.10. The average molecular weight is 488 g/mol. The van der Waals surface area contributed by atoms with Gasteiger partial charge in [0.2, 0.25) is 20.0 Å². The Morgan fingerprint density at radius 3 is 1.80 bits per heavy atom. The van der Waals surface area contributed by atoms with Crippen LogP contribution in [0.2, 0.25) is 0 Å². The summed E-state index contributed by atoms with van der Waals surface area (Å²) < 4.78 is 114. The largest absolute Gasteiger partial charge is 0.402 e. The first-order valence-corrected chi connectivity index (χ1v) is 12.3. The lowest BCUT2D eigenvalue weighted by molar-refractivity contribution is -0.121. The van der Waals surface area contributed by atoms with E-state index in [1.165, 1.54) is 16.9 Å². The first kappa shape index (κ1) is 24.1. The summed E-state index contributed by atoms with van der Waals surface area (Å²) in [5.74, 6) is 0. The number of benzene rings is 2. The summed E-state index contributed by atoms with van der Waals surface area (Å²) in [4.78, 5) is -1.16. The third kappa shape index (κ3) is 6.15. The Kier molecular flexibility index (Phi) is 6.82. The van der Waals surface area contributed by atoms with Crippen LogP contribution >= 0.6 is 0 Å². The topological polar surface area (TPSA) is 139 Å². The molecule has 0 amide bonds. The molecule has 15 heteroatoms. The maximum absolute atomic E-state index is 12.5. The van der Waals surface area contributed by atoms with Crippen LogP contribution in [0.3, 0.4) is 0 Å². The normalized spacial score (nSPS) is 13.2. The molecule has 0 saturated carbocycles. The second-order valence-corrected chi connectivity index (χ2v) is 11.1. The fourth-order valence-corrected chi connectivity index (χ4v) is 5.07. The molecule has 3 N–H and O–H groups in total. The average Bonchev–Trinajstić information content (AvgIpc) is 2.66. The molecular formula is C15H16F3N3O6S3. The molecule has 0 heterocycles. The summed E-state index contributed by atoms with van der Waals surface area (Å²) in [5.41, 5.74) is -0.0911. The van der Waals surface area contributed by atoms with E-state index in [0.29, 0.717) is 0 Å². The SMILES string of the molecule is CNS(=O)(=O)c1cccc(S(=O)(=O)Nc2ccc(S(=O)(=O)NCC(F)(F)F)cc2)c1. The Morgan fingerprint density at radius 2 is 1.30 bits per heavy atom. The monoisotopic (exact) mass is 487 g/mol. The first-order chi connectivity index (χ1) is 13.7. The van der Waals surface area contributed by atoms with E-state index in [4.69, 9.17) is 0 Å². The van der Waals surface area contributed by atoms with E-state index in [2.05, 4.69) is 4.72 Å². The smallest absolute Gasteiger partial charge is 0.280 e. The summed E-state index contributed by atoms with van der Waals surface area (Å²) >= 11 is 0. The molecule has 0 aliphatic heterocycles. The number of halogens is 3. The number of anilines is 1. The predicted octanol–water partition coefficient (Wildman–Crippen LogP) is 1.24. The number of hydrogen-bond acceptors (Lipinski definition) is 6. The zero-order valence-corrected chi connectivity index (χ0v) is 17.6. The van der Waals surface area contributed by atoms with Crippen LogP contribution in [0.5, 0.6) is 0 Å². The van der Waals surface area contributed by atoms with Crippen molar-refractivity contribution in [3.63, 3.8) is 0 Å². The number of rotatable bonds is 8. The van der Waals surface area contributed by atoms with Crippen molar-refractivity contribution in [2.75, 3.05) is 18.3 Å². The van der Waals surface area contributed by atoms with Crippen molar-refractivity contribution in [3.05, 3.63) is 48.5 Å². The molecule has 0 aliphatic rings. The van der Waals surface area contributed by atoms with E-state index in [9.17, 15) is 38.4 Å². The summed E-state index contributed by atoms with van der Waals surface area (Å²) in [6.45, 7) is -1.75. The van der Waals surface area contributed by atoms with Gasteiger partial charge in [-0.05, 0) is 49.5 Å². The second kappa shape index (κ2) is 8.50. The third-order valence-electron chi connectivity index (χ3n) is 3.57. The van der Waals surface area contributed by atoms with Crippen LogP contribution in [0.1, 0.15) is 0 Å². The van der Waals surface area contributed by atoms with Gasteiger partial charge in [0, 0.05) is 5.69 Å². The predicted molar refractivity (Wildman–Crippen MR) is 101 cm³/mol. The van der Waals surface area contributed by atoms with E-state index in [1.807, 2.05) is 4.72 Å². The minimum absolute atomic E-state index is 0.0911. The Morgan fingerprint density at radius 1 is 0.767 bits per heavy atom. The van der Waals surface area contributed by atoms with Crippen molar-refractivity contribution >= 4 is 35.8 Å². The lowest BCUT2D eigenvalue weighted by Gasteiger charge is -2.11. The maximum atomic E-state index is 12.5. The molecule has 9 nitrogen and oxygen atoms in total. The quantitative estimate of drug-likeness (QED) is 0.512. The Hall–Kier alpha value is -2.20. The Balaban J connectivity index is 2.24. The third-order valence-corrected chi connectivity index (χ3v) is 7.78. The van der Waals surface area contributed by atoms with Gasteiger partial charge >= 0.3 is 6.18 Å². The van der Waals surface area contributed by atoms with Gasteiger partial charge in [-0.1, -0.05) is 6.07 Å². The minimum Gasteiger partial charge on any atom is -0.280 e. The van der Waals surface area contributed by atoms with E-state index in [-0.39, 0.29) is 15.5 Å². The summed E-state index contributed by atoms with van der Waals surface area (Å²) in [6, 6.07) is 8.39. The molecule has 0 aliphatic carbocycles. The number of hydrogen-bond donors (Lipinski definition) is 3. The van der Waals surface area contributed by atoms with Crippen LogP contribution in [0.4, 0.5) is 18.9 Å². The molecule has 2 aromatic rings. The van der Waals surface area contributed by atoms with Crippen molar-refractivity contribution in [1.82, 2.24) is 9.44 Å². The molecule has 0 bridgehead atoms. The van der Waals surface area contributed by atoms with Crippen LogP contribution in [-0.4, -0.2) is 45.0 Å². The highest BCUT2D eigenvalue weighted by atomic mass is 32.2. The van der Waals surface area contributed by atoms with Crippen molar-refractivity contribution in [1.29, 1.82) is 0 Å². The highest BCUT2D eigenvalue weighted by Gasteiger charge is 2.30. The van der Waals surface area contributed by atoms with Gasteiger partial charge in [-0.15, -0.1) is 0 Å². The van der Waals surface area contributed by atoms with Gasteiger partial charge < -0.3 is 0 Å². The highest BCUT2D eigenvalue weighted by Crippen LogP contribution is 2.21. The van der Waals surface area contributed by atoms with Gasteiger partial charge in [0.1, 0.15) is 6.54 Å². The highest BCUT2D eigenvalue weighted by molar-refractivity contribution is 7.93. The Labute approximate surface area is 171 Å². The molecule has 0 fully saturated rings. The number of alkyl halides is 3. The molecule has 30 heavy (non-hydrogen) atoms. The van der Waals surface area contributed by atoms with Crippen molar-refractivity contribution in [3.8, 4) is 0 Å². The zero-order chi connectivity index (χ0) is 22.8. The van der Waals surface area contributed by atoms with Crippen LogP contribution in [0, 0.1) is 0 Å². The lowest BCUT2D eigenvalue weighted by atomic mass is 10.3. The van der Waals surface area contributed by atoms with Gasteiger partial charge in [0.05, 0.1) is 14.7 Å². The first-order valence-electron chi connectivity index (χ1n) is 7.89. The molecule has 0 atom stereocenters. The van der Waals surface area contributed by atoms with Gasteiger partial charge in [0.15, 0.2) is 0 Å². The number of nitrogens with one attached hydrogen (secondary N) is 3. The molecule has 0 unspecified atom stereocenters. The van der Waals surface area contributed by atoms with Crippen LogP contribution in [0.15, 0.2) is 63.2 Å². The summed E-state index contributed by atoms with van der Waals surface area (Å²) in [7, 11) is -11.4. The lowest BCUT2D eigenvalue weighted by Crippen LogP contribution is -2.33. The number of sulfonamides is 3. The summed E-state index contributed by atoms with van der Waals surface area (Å²) in [5, 5.41) is 0.